The van der Waals surface area contributed by atoms with Crippen molar-refractivity contribution in [2.75, 3.05) is 12.8 Å². The van der Waals surface area contributed by atoms with E-state index in [0.717, 1.165) is 6.61 Å². The molecule has 0 aliphatic rings. The first kappa shape index (κ1) is 14.0. The predicted octanol–water partition coefficient (Wildman–Crippen LogP) is -3.67. The van der Waals surface area contributed by atoms with Gasteiger partial charge in [0.1, 0.15) is 6.23 Å². The van der Waals surface area contributed by atoms with Crippen molar-refractivity contribution in [1.29, 1.82) is 0 Å². The van der Waals surface area contributed by atoms with E-state index in [1.54, 1.807) is 6.92 Å². The average molecular weight is 265 g/mol. The van der Waals surface area contributed by atoms with E-state index < -0.39 is 9.76 Å². The summed E-state index contributed by atoms with van der Waals surface area (Å²) >= 11 is 0. The lowest BCUT2D eigenvalue weighted by Crippen LogP contribution is -2.23. The van der Waals surface area contributed by atoms with Crippen molar-refractivity contribution in [2.24, 2.45) is 0 Å². The van der Waals surface area contributed by atoms with Crippen molar-refractivity contribution in [2.45, 2.75) is 11.2 Å². The molecule has 0 rings (SSSR count). The third kappa shape index (κ3) is 8.63. The number of rotatable bonds is 6. The Hall–Kier alpha value is 0.0375. The van der Waals surface area contributed by atoms with Gasteiger partial charge in [0.05, 0.1) is 0 Å². The van der Waals surface area contributed by atoms with Crippen molar-refractivity contribution in [3.8, 4) is 0 Å². The fourth-order valence-corrected chi connectivity index (χ4v) is 3.68. The van der Waals surface area contributed by atoms with Crippen LogP contribution in [0.1, 0.15) is 6.92 Å². The fourth-order valence-electron chi connectivity index (χ4n) is 0.695. The van der Waals surface area contributed by atoms with Gasteiger partial charge >= 0.3 is 5.97 Å². The van der Waals surface area contributed by atoms with Gasteiger partial charge in [-0.2, -0.15) is 0 Å². The van der Waals surface area contributed by atoms with Crippen LogP contribution in [0.5, 0.6) is 0 Å². The summed E-state index contributed by atoms with van der Waals surface area (Å²) in [6.07, 6.45) is 0.479. The lowest BCUT2D eigenvalue weighted by atomic mass is 10.4. The molecule has 14 heavy (non-hydrogen) atoms. The highest BCUT2D eigenvalue weighted by Crippen LogP contribution is 2.06. The summed E-state index contributed by atoms with van der Waals surface area (Å²) in [6, 6.07) is 0. The van der Waals surface area contributed by atoms with Crippen LogP contribution < -0.4 is 0 Å². The van der Waals surface area contributed by atoms with Crippen molar-refractivity contribution in [3.63, 3.8) is 0 Å². The van der Waals surface area contributed by atoms with Crippen LogP contribution in [0.25, 0.3) is 0 Å². The summed E-state index contributed by atoms with van der Waals surface area (Å²) in [5, 5.41) is 0. The molecule has 0 fully saturated rings. The summed E-state index contributed by atoms with van der Waals surface area (Å²) < 4.78 is 11.1. The minimum atomic E-state index is -0.661. The van der Waals surface area contributed by atoms with Gasteiger partial charge < -0.3 is 9.16 Å². The van der Waals surface area contributed by atoms with Gasteiger partial charge in [0.15, 0.2) is 0 Å². The van der Waals surface area contributed by atoms with Crippen LogP contribution in [-0.2, 0) is 14.0 Å². The maximum absolute atomic E-state index is 11.0. The Morgan fingerprint density at radius 2 is 2.07 bits per heavy atom. The first-order chi connectivity index (χ1) is 6.33. The molecule has 0 spiro atoms. The highest BCUT2D eigenvalue weighted by Gasteiger charge is 2.10. The molecule has 0 atom stereocenters. The average Bonchev–Trinajstić information content (AvgIpc) is 2.01. The number of hydrogen-bond donors (Lipinski definition) is 0. The Labute approximate surface area is 96.8 Å². The first-order valence-corrected chi connectivity index (χ1v) is 9.31. The predicted molar refractivity (Wildman–Crippen MR) is 72.8 cm³/mol. The molecule has 0 aromatic carbocycles. The van der Waals surface area contributed by atoms with E-state index in [9.17, 15) is 4.79 Å². The van der Waals surface area contributed by atoms with Gasteiger partial charge in [0.25, 0.3) is 0 Å². The summed E-state index contributed by atoms with van der Waals surface area (Å²) in [7, 11) is 3.06. The van der Waals surface area contributed by atoms with Crippen LogP contribution >= 0.6 is 0 Å². The molecular formula is C7H20O3Si4. The van der Waals surface area contributed by atoms with Gasteiger partial charge in [0.2, 0.25) is 9.76 Å². The van der Waals surface area contributed by atoms with Crippen LogP contribution in [0.2, 0.25) is 4.28 Å². The first-order valence-electron chi connectivity index (χ1n) is 4.73. The van der Waals surface area contributed by atoms with E-state index in [-0.39, 0.29) is 5.97 Å². The van der Waals surface area contributed by atoms with Gasteiger partial charge in [0, 0.05) is 42.9 Å². The molecule has 0 N–H and O–H groups in total. The molecule has 0 amide bonds. The maximum atomic E-state index is 11.0. The number of carbonyl (C=O) groups excluding carboxylic acids is 1. The van der Waals surface area contributed by atoms with E-state index >= 15 is 0 Å². The number of ether oxygens (including phenoxy) is 1. The minimum absolute atomic E-state index is 0.296. The standard InChI is InChI=1S/C7H20O3Si4/c1-5(2)6(8)9-4-14-10-3-7(11,12)13/h1,3-4,14H2,2,11-13H3. The van der Waals surface area contributed by atoms with Crippen molar-refractivity contribution < 1.29 is 14.0 Å². The van der Waals surface area contributed by atoms with Crippen LogP contribution in [0, 0.1) is 0 Å². The molecule has 0 saturated carbocycles. The maximum Gasteiger partial charge on any atom is 0.332 e. The minimum Gasteiger partial charge on any atom is -0.464 e. The molecule has 0 aromatic rings. The number of hydrogen-bond acceptors (Lipinski definition) is 3. The van der Waals surface area contributed by atoms with E-state index in [0.29, 0.717) is 16.1 Å². The van der Waals surface area contributed by atoms with Gasteiger partial charge in [-0.1, -0.05) is 6.58 Å². The van der Waals surface area contributed by atoms with Crippen LogP contribution in [0.3, 0.4) is 0 Å². The summed E-state index contributed by atoms with van der Waals surface area (Å²) in [4.78, 5) is 11.0. The summed E-state index contributed by atoms with van der Waals surface area (Å²) in [6.45, 7) is 6.08. The Morgan fingerprint density at radius 1 is 1.50 bits per heavy atom. The van der Waals surface area contributed by atoms with Gasteiger partial charge in [-0.05, 0) is 11.2 Å². The van der Waals surface area contributed by atoms with Crippen molar-refractivity contribution in [3.05, 3.63) is 12.2 Å². The van der Waals surface area contributed by atoms with Crippen LogP contribution in [-0.4, -0.2) is 59.3 Å². The molecule has 0 aromatic heterocycles. The zero-order chi connectivity index (χ0) is 11.2. The second kappa shape index (κ2) is 6.51. The Bertz CT molecular complexity index is 211. The number of carbonyl (C=O) groups is 1. The molecule has 82 valence electrons. The lowest BCUT2D eigenvalue weighted by Gasteiger charge is -2.17. The van der Waals surface area contributed by atoms with Crippen LogP contribution in [0.4, 0.5) is 0 Å². The lowest BCUT2D eigenvalue weighted by molar-refractivity contribution is -0.137. The van der Waals surface area contributed by atoms with Gasteiger partial charge in [-0.25, -0.2) is 4.79 Å². The smallest absolute Gasteiger partial charge is 0.332 e. The monoisotopic (exact) mass is 264 g/mol. The number of esters is 1. The highest BCUT2D eigenvalue weighted by molar-refractivity contribution is 6.59. The fraction of sp³-hybridized carbons (Fsp3) is 0.571. The summed E-state index contributed by atoms with van der Waals surface area (Å²) in [5.74, 6) is -0.296. The SMILES string of the molecule is C=C(C)C(=O)OC[SiH2]OCC([SiH3])([SiH3])[SiH3]. The molecule has 7 heteroatoms. The van der Waals surface area contributed by atoms with E-state index in [1.807, 2.05) is 0 Å². The molecule has 0 bridgehead atoms. The molecule has 0 heterocycles. The second-order valence-corrected chi connectivity index (χ2v) is 19.9. The zero-order valence-electron chi connectivity index (χ0n) is 9.55. The quantitative estimate of drug-likeness (QED) is 0.215. The second-order valence-electron chi connectivity index (χ2n) is 4.53. The summed E-state index contributed by atoms with van der Waals surface area (Å²) in [5.41, 5.74) is 0.460. The molecule has 3 nitrogen and oxygen atoms in total. The molecule has 0 aliphatic heterocycles. The van der Waals surface area contributed by atoms with E-state index in [2.05, 4.69) is 6.58 Å². The van der Waals surface area contributed by atoms with Crippen molar-refractivity contribution in [1.82, 2.24) is 0 Å². The third-order valence-electron chi connectivity index (χ3n) is 1.34. The third-order valence-corrected chi connectivity index (χ3v) is 3.07. The molecule has 0 aliphatic carbocycles. The Morgan fingerprint density at radius 3 is 2.50 bits per heavy atom. The normalized spacial score (nSPS) is 16.1. The van der Waals surface area contributed by atoms with Gasteiger partial charge in [-0.15, -0.1) is 0 Å². The van der Waals surface area contributed by atoms with Crippen LogP contribution in [0.15, 0.2) is 12.2 Å². The molecular weight excluding hydrogens is 244 g/mol. The van der Waals surface area contributed by atoms with E-state index in [4.69, 9.17) is 9.16 Å². The Balaban J connectivity index is 3.39. The Kier molecular flexibility index (Phi) is 6.53. The van der Waals surface area contributed by atoms with Gasteiger partial charge in [-0.3, -0.25) is 0 Å². The molecule has 0 unspecified atom stereocenters. The molecule has 0 radical (unpaired) electrons. The zero-order valence-corrected chi connectivity index (χ0v) is 17.0. The van der Waals surface area contributed by atoms with Crippen molar-refractivity contribution >= 4 is 46.5 Å². The highest BCUT2D eigenvalue weighted by atomic mass is 28.3. The molecule has 0 saturated heterocycles. The topological polar surface area (TPSA) is 35.5 Å². The largest absolute Gasteiger partial charge is 0.464 e. The van der Waals surface area contributed by atoms with E-state index in [1.165, 1.54) is 30.7 Å².